The molecule has 0 unspecified atom stereocenters. The summed E-state index contributed by atoms with van der Waals surface area (Å²) in [6, 6.07) is 12.1. The number of halogens is 2. The minimum absolute atomic E-state index is 0.0717. The third-order valence-electron chi connectivity index (χ3n) is 7.58. The number of sulfonamides is 2. The fourth-order valence-electron chi connectivity index (χ4n) is 5.11. The van der Waals surface area contributed by atoms with Gasteiger partial charge in [0.05, 0.1) is 16.7 Å². The van der Waals surface area contributed by atoms with Gasteiger partial charge in [0.2, 0.25) is 20.0 Å². The zero-order chi connectivity index (χ0) is 38.3. The highest BCUT2D eigenvalue weighted by Gasteiger charge is 2.32. The standard InChI is InChI=1S/C29H39N5O9S2.C2H2F2O2/c1-20-24(23-8-6-7-9-25(23)34(20)28(36)43-29(2,3)4)19-42-21-10-12-22(13-11-21)45(40,41)30-18-26(27(35)31-37)32-14-16-33(17-15-32)44(5,38)39;3-1(4)2(5)6/h6-13,26,30,37H,14-19H2,1-5H3,(H,31,35);1H,(H,5,6)/t26-;/m0./s1. The van der Waals surface area contributed by atoms with Gasteiger partial charge in [-0.1, -0.05) is 18.2 Å². The Morgan fingerprint density at radius 1 is 0.961 bits per heavy atom. The maximum absolute atomic E-state index is 13.1. The molecule has 0 radical (unpaired) electrons. The van der Waals surface area contributed by atoms with Crippen molar-refractivity contribution in [3.63, 3.8) is 0 Å². The van der Waals surface area contributed by atoms with E-state index >= 15 is 0 Å². The Hall–Kier alpha value is -4.21. The van der Waals surface area contributed by atoms with Gasteiger partial charge in [-0.15, -0.1) is 0 Å². The molecule has 1 atom stereocenters. The van der Waals surface area contributed by atoms with Gasteiger partial charge >= 0.3 is 18.5 Å². The van der Waals surface area contributed by atoms with Crippen LogP contribution in [0.2, 0.25) is 0 Å². The number of carboxylic acids is 1. The summed E-state index contributed by atoms with van der Waals surface area (Å²) >= 11 is 0. The van der Waals surface area contributed by atoms with E-state index < -0.39 is 56.1 Å². The maximum atomic E-state index is 13.1. The largest absolute Gasteiger partial charge is 0.489 e. The first-order chi connectivity index (χ1) is 23.7. The summed E-state index contributed by atoms with van der Waals surface area (Å²) in [5.41, 5.74) is 3.00. The number of nitrogens with zero attached hydrogens (tertiary/aromatic N) is 3. The molecule has 1 saturated heterocycles. The van der Waals surface area contributed by atoms with E-state index in [1.54, 1.807) is 38.1 Å². The molecule has 20 heteroatoms. The van der Waals surface area contributed by atoms with Crippen LogP contribution in [0.5, 0.6) is 5.75 Å². The average molecular weight is 762 g/mol. The first kappa shape index (κ1) is 41.2. The van der Waals surface area contributed by atoms with Crippen LogP contribution in [-0.2, 0) is 41.0 Å². The van der Waals surface area contributed by atoms with Crippen LogP contribution in [0.25, 0.3) is 10.9 Å². The number of hydrogen-bond donors (Lipinski definition) is 4. The topological polar surface area (TPSA) is 214 Å². The highest BCUT2D eigenvalue weighted by atomic mass is 32.2. The lowest BCUT2D eigenvalue weighted by Gasteiger charge is -2.37. The number of piperazine rings is 1. The molecule has 51 heavy (non-hydrogen) atoms. The summed E-state index contributed by atoms with van der Waals surface area (Å²) in [6.45, 7) is 7.55. The molecule has 282 valence electrons. The Morgan fingerprint density at radius 2 is 1.53 bits per heavy atom. The molecule has 1 aliphatic rings. The fraction of sp³-hybridized carbons (Fsp3) is 0.452. The third-order valence-corrected chi connectivity index (χ3v) is 10.3. The molecule has 1 amide bonds. The molecule has 3 aromatic rings. The number of amides is 1. The zero-order valence-electron chi connectivity index (χ0n) is 28.5. The lowest BCUT2D eigenvalue weighted by molar-refractivity contribution is -0.149. The number of para-hydroxylation sites is 1. The molecule has 1 aromatic heterocycles. The van der Waals surface area contributed by atoms with Crippen molar-refractivity contribution in [1.29, 1.82) is 0 Å². The number of fused-ring (bicyclic) bond motifs is 1. The van der Waals surface area contributed by atoms with E-state index in [0.29, 0.717) is 17.0 Å². The van der Waals surface area contributed by atoms with Crippen LogP contribution in [-0.4, -0.2) is 116 Å². The Morgan fingerprint density at radius 3 is 2.04 bits per heavy atom. The van der Waals surface area contributed by atoms with E-state index in [2.05, 4.69) is 4.72 Å². The Balaban J connectivity index is 0.00000107. The van der Waals surface area contributed by atoms with Crippen LogP contribution in [0.4, 0.5) is 13.6 Å². The highest BCUT2D eigenvalue weighted by molar-refractivity contribution is 7.89. The van der Waals surface area contributed by atoms with Gasteiger partial charge in [0.1, 0.15) is 24.0 Å². The number of alkyl halides is 2. The summed E-state index contributed by atoms with van der Waals surface area (Å²) in [6.07, 6.45) is -2.64. The van der Waals surface area contributed by atoms with Crippen LogP contribution in [0.1, 0.15) is 32.0 Å². The molecule has 0 bridgehead atoms. The summed E-state index contributed by atoms with van der Waals surface area (Å²) in [5.74, 6) is -2.50. The van der Waals surface area contributed by atoms with Gasteiger partial charge in [-0.05, 0) is 58.0 Å². The first-order valence-electron chi connectivity index (χ1n) is 15.3. The molecule has 4 rings (SSSR count). The second kappa shape index (κ2) is 16.9. The minimum atomic E-state index is -4.07. The predicted octanol–water partition coefficient (Wildman–Crippen LogP) is 2.38. The number of nitrogens with one attached hydrogen (secondary N) is 2. The molecule has 2 aromatic carbocycles. The van der Waals surface area contributed by atoms with E-state index in [4.69, 9.17) is 19.4 Å². The Labute approximate surface area is 294 Å². The van der Waals surface area contributed by atoms with E-state index in [9.17, 15) is 40.4 Å². The number of ether oxygens (including phenoxy) is 2. The first-order valence-corrected chi connectivity index (χ1v) is 18.7. The third kappa shape index (κ3) is 11.1. The van der Waals surface area contributed by atoms with Gasteiger partial charge in [-0.2, -0.15) is 13.1 Å². The van der Waals surface area contributed by atoms with Crippen molar-refractivity contribution < 1.29 is 59.8 Å². The smallest absolute Gasteiger partial charge is 0.419 e. The summed E-state index contributed by atoms with van der Waals surface area (Å²) in [7, 11) is -7.47. The van der Waals surface area contributed by atoms with Crippen LogP contribution < -0.4 is 14.9 Å². The van der Waals surface area contributed by atoms with Crippen LogP contribution in [0.15, 0.2) is 53.4 Å². The maximum Gasteiger partial charge on any atom is 0.419 e. The van der Waals surface area contributed by atoms with Crippen molar-refractivity contribution in [1.82, 2.24) is 24.0 Å². The SMILES string of the molecule is Cc1c(COc2ccc(S(=O)(=O)NC[C@@H](C(=O)NO)N3CCN(S(C)(=O)=O)CC3)cc2)c2ccccc2n1C(=O)OC(C)(C)C.O=C(O)C(F)F. The van der Waals surface area contributed by atoms with E-state index in [1.807, 2.05) is 24.3 Å². The fourth-order valence-corrected chi connectivity index (χ4v) is 6.98. The van der Waals surface area contributed by atoms with Crippen molar-refractivity contribution in [2.24, 2.45) is 0 Å². The molecular formula is C31H41F2N5O11S2. The van der Waals surface area contributed by atoms with Gasteiger partial charge < -0.3 is 14.6 Å². The van der Waals surface area contributed by atoms with Crippen LogP contribution >= 0.6 is 0 Å². The van der Waals surface area contributed by atoms with Crippen molar-refractivity contribution in [3.8, 4) is 5.75 Å². The van der Waals surface area contributed by atoms with Gasteiger partial charge in [-0.3, -0.25) is 14.9 Å². The number of hydroxylamine groups is 1. The molecule has 1 fully saturated rings. The molecular weight excluding hydrogens is 720 g/mol. The zero-order valence-corrected chi connectivity index (χ0v) is 30.1. The number of carboxylic acid groups (broad SMARTS) is 1. The number of aromatic nitrogens is 1. The van der Waals surface area contributed by atoms with Crippen molar-refractivity contribution in [3.05, 3.63) is 59.8 Å². The molecule has 0 spiro atoms. The Bertz CT molecular complexity index is 1920. The van der Waals surface area contributed by atoms with Crippen molar-refractivity contribution >= 4 is 48.9 Å². The summed E-state index contributed by atoms with van der Waals surface area (Å²) < 4.78 is 87.6. The highest BCUT2D eigenvalue weighted by Crippen LogP contribution is 2.28. The molecule has 2 heterocycles. The second-order valence-corrected chi connectivity index (χ2v) is 16.1. The van der Waals surface area contributed by atoms with E-state index in [-0.39, 0.29) is 44.2 Å². The number of benzene rings is 2. The molecule has 4 N–H and O–H groups in total. The quantitative estimate of drug-likeness (QED) is 0.164. The average Bonchev–Trinajstić information content (AvgIpc) is 3.33. The summed E-state index contributed by atoms with van der Waals surface area (Å²) in [4.78, 5) is 35.8. The molecule has 1 aliphatic heterocycles. The summed E-state index contributed by atoms with van der Waals surface area (Å²) in [5, 5.41) is 17.3. The van der Waals surface area contributed by atoms with Crippen molar-refractivity contribution in [2.75, 3.05) is 39.0 Å². The lowest BCUT2D eigenvalue weighted by Crippen LogP contribution is -2.58. The van der Waals surface area contributed by atoms with Crippen LogP contribution in [0.3, 0.4) is 0 Å². The van der Waals surface area contributed by atoms with Gasteiger partial charge in [0, 0.05) is 49.4 Å². The van der Waals surface area contributed by atoms with Gasteiger partial charge in [0.15, 0.2) is 0 Å². The minimum Gasteiger partial charge on any atom is -0.489 e. The lowest BCUT2D eigenvalue weighted by atomic mass is 10.1. The normalized spacial score (nSPS) is 15.2. The number of hydrogen-bond acceptors (Lipinski definition) is 11. The monoisotopic (exact) mass is 761 g/mol. The van der Waals surface area contributed by atoms with Crippen LogP contribution in [0, 0.1) is 6.92 Å². The van der Waals surface area contributed by atoms with E-state index in [0.717, 1.165) is 17.2 Å². The second-order valence-electron chi connectivity index (χ2n) is 12.3. The number of aliphatic carboxylic acids is 1. The molecule has 0 aliphatic carbocycles. The van der Waals surface area contributed by atoms with Gasteiger partial charge in [0.25, 0.3) is 5.91 Å². The number of rotatable bonds is 11. The number of carbonyl (C=O) groups is 3. The van der Waals surface area contributed by atoms with Gasteiger partial charge in [-0.25, -0.2) is 41.2 Å². The van der Waals surface area contributed by atoms with E-state index in [1.165, 1.54) is 33.1 Å². The Kier molecular flexibility index (Phi) is 13.6. The number of carbonyl (C=O) groups excluding carboxylic acids is 2. The molecule has 0 saturated carbocycles. The predicted molar refractivity (Wildman–Crippen MR) is 180 cm³/mol. The van der Waals surface area contributed by atoms with Crippen molar-refractivity contribution in [2.45, 2.75) is 57.3 Å². The molecule has 16 nitrogen and oxygen atoms in total.